The summed E-state index contributed by atoms with van der Waals surface area (Å²) in [6.07, 6.45) is 1.27. The summed E-state index contributed by atoms with van der Waals surface area (Å²) >= 11 is 0. The van der Waals surface area contributed by atoms with E-state index < -0.39 is 0 Å². The molecule has 1 aliphatic heterocycles. The molecule has 2 rings (SSSR count). The fourth-order valence-corrected chi connectivity index (χ4v) is 2.04. The van der Waals surface area contributed by atoms with Crippen LogP contribution < -0.4 is 14.4 Å². The number of hydrogen-bond acceptors (Lipinski definition) is 4. The van der Waals surface area contributed by atoms with E-state index in [4.69, 9.17) is 9.47 Å². The first-order chi connectivity index (χ1) is 8.24. The van der Waals surface area contributed by atoms with Crippen molar-refractivity contribution in [1.29, 1.82) is 0 Å². The third kappa shape index (κ3) is 2.52. The number of methoxy groups -OCH3 is 2. The molecule has 1 aromatic rings. The van der Waals surface area contributed by atoms with Crippen LogP contribution >= 0.6 is 0 Å². The number of carbonyl (C=O) groups is 1. The number of benzene rings is 1. The van der Waals surface area contributed by atoms with Gasteiger partial charge < -0.3 is 14.4 Å². The fraction of sp³-hybridized carbons (Fsp3) is 0.462. The molecule has 0 radical (unpaired) electrons. The van der Waals surface area contributed by atoms with Crippen molar-refractivity contribution in [3.05, 3.63) is 18.2 Å². The van der Waals surface area contributed by atoms with E-state index in [0.717, 1.165) is 30.3 Å². The van der Waals surface area contributed by atoms with E-state index in [1.807, 2.05) is 18.2 Å². The number of Topliss-reactive ketones (excluding diaryl/α,β-unsaturated/α-hetero) is 1. The summed E-state index contributed by atoms with van der Waals surface area (Å²) in [4.78, 5) is 13.4. The second-order valence-corrected chi connectivity index (χ2v) is 4.07. The summed E-state index contributed by atoms with van der Waals surface area (Å²) in [5, 5.41) is 0. The summed E-state index contributed by atoms with van der Waals surface area (Å²) in [6, 6.07) is 5.84. The van der Waals surface area contributed by atoms with Crippen LogP contribution in [0.1, 0.15) is 12.8 Å². The molecule has 17 heavy (non-hydrogen) atoms. The SMILES string of the molecule is COc1ccc(N2CCC(=O)CC2)cc1OC. The van der Waals surface area contributed by atoms with E-state index in [0.29, 0.717) is 18.6 Å². The van der Waals surface area contributed by atoms with Crippen molar-refractivity contribution in [1.82, 2.24) is 0 Å². The topological polar surface area (TPSA) is 38.8 Å². The van der Waals surface area contributed by atoms with Gasteiger partial charge in [0, 0.05) is 37.7 Å². The molecule has 0 atom stereocenters. The lowest BCUT2D eigenvalue weighted by Crippen LogP contribution is -2.33. The number of rotatable bonds is 3. The van der Waals surface area contributed by atoms with Gasteiger partial charge in [-0.2, -0.15) is 0 Å². The number of anilines is 1. The predicted molar refractivity (Wildman–Crippen MR) is 66.0 cm³/mol. The third-order valence-corrected chi connectivity index (χ3v) is 3.05. The minimum absolute atomic E-state index is 0.349. The van der Waals surface area contributed by atoms with Crippen LogP contribution in [0.15, 0.2) is 18.2 Å². The first-order valence-electron chi connectivity index (χ1n) is 5.73. The lowest BCUT2D eigenvalue weighted by atomic mass is 10.1. The highest BCUT2D eigenvalue weighted by atomic mass is 16.5. The van der Waals surface area contributed by atoms with Gasteiger partial charge in [-0.15, -0.1) is 0 Å². The molecule has 1 saturated heterocycles. The second kappa shape index (κ2) is 5.08. The van der Waals surface area contributed by atoms with E-state index in [-0.39, 0.29) is 0 Å². The Morgan fingerprint density at radius 2 is 1.71 bits per heavy atom. The monoisotopic (exact) mass is 235 g/mol. The zero-order valence-electron chi connectivity index (χ0n) is 10.2. The number of carbonyl (C=O) groups excluding carboxylic acids is 1. The Morgan fingerprint density at radius 1 is 1.06 bits per heavy atom. The summed E-state index contributed by atoms with van der Waals surface area (Å²) in [5.74, 6) is 1.80. The highest BCUT2D eigenvalue weighted by Gasteiger charge is 2.17. The molecule has 1 heterocycles. The van der Waals surface area contributed by atoms with E-state index >= 15 is 0 Å². The molecule has 4 nitrogen and oxygen atoms in total. The minimum atomic E-state index is 0.349. The van der Waals surface area contributed by atoms with Gasteiger partial charge >= 0.3 is 0 Å². The first-order valence-corrected chi connectivity index (χ1v) is 5.73. The van der Waals surface area contributed by atoms with E-state index in [1.54, 1.807) is 14.2 Å². The number of nitrogens with zero attached hydrogens (tertiary/aromatic N) is 1. The Bertz CT molecular complexity index is 407. The fourth-order valence-electron chi connectivity index (χ4n) is 2.04. The Balaban J connectivity index is 2.18. The molecule has 1 aromatic carbocycles. The standard InChI is InChI=1S/C13H17NO3/c1-16-12-4-3-10(9-13(12)17-2)14-7-5-11(15)6-8-14/h3-4,9H,5-8H2,1-2H3. The highest BCUT2D eigenvalue weighted by Crippen LogP contribution is 2.32. The van der Waals surface area contributed by atoms with Crippen LogP contribution in [0.3, 0.4) is 0 Å². The maximum atomic E-state index is 11.2. The molecule has 0 spiro atoms. The van der Waals surface area contributed by atoms with Gasteiger partial charge in [0.1, 0.15) is 5.78 Å². The van der Waals surface area contributed by atoms with Gasteiger partial charge in [0.25, 0.3) is 0 Å². The molecule has 0 unspecified atom stereocenters. The van der Waals surface area contributed by atoms with Crippen molar-refractivity contribution in [2.75, 3.05) is 32.2 Å². The molecule has 0 saturated carbocycles. The first kappa shape index (κ1) is 11.8. The van der Waals surface area contributed by atoms with Gasteiger partial charge in [-0.05, 0) is 12.1 Å². The third-order valence-electron chi connectivity index (χ3n) is 3.05. The summed E-state index contributed by atoms with van der Waals surface area (Å²) in [7, 11) is 3.25. The molecule has 92 valence electrons. The van der Waals surface area contributed by atoms with Gasteiger partial charge in [-0.25, -0.2) is 0 Å². The van der Waals surface area contributed by atoms with Gasteiger partial charge in [0.15, 0.2) is 11.5 Å². The van der Waals surface area contributed by atoms with Crippen molar-refractivity contribution in [3.63, 3.8) is 0 Å². The lowest BCUT2D eigenvalue weighted by molar-refractivity contribution is -0.119. The molecule has 0 aliphatic carbocycles. The average Bonchev–Trinajstić information content (AvgIpc) is 2.39. The number of ketones is 1. The van der Waals surface area contributed by atoms with E-state index in [9.17, 15) is 4.79 Å². The summed E-state index contributed by atoms with van der Waals surface area (Å²) in [6.45, 7) is 1.57. The second-order valence-electron chi connectivity index (χ2n) is 4.07. The molecule has 0 bridgehead atoms. The minimum Gasteiger partial charge on any atom is -0.493 e. The van der Waals surface area contributed by atoms with Gasteiger partial charge in [0.2, 0.25) is 0 Å². The van der Waals surface area contributed by atoms with Crippen LogP contribution in [0, 0.1) is 0 Å². The number of piperidine rings is 1. The maximum absolute atomic E-state index is 11.2. The summed E-state index contributed by atoms with van der Waals surface area (Å²) in [5.41, 5.74) is 1.08. The van der Waals surface area contributed by atoms with Gasteiger partial charge in [-0.1, -0.05) is 0 Å². The Kier molecular flexibility index (Phi) is 3.52. The lowest BCUT2D eigenvalue weighted by Gasteiger charge is -2.28. The van der Waals surface area contributed by atoms with Gasteiger partial charge in [-0.3, -0.25) is 4.79 Å². The summed E-state index contributed by atoms with van der Waals surface area (Å²) < 4.78 is 10.5. The predicted octanol–water partition coefficient (Wildman–Crippen LogP) is 1.87. The number of hydrogen-bond donors (Lipinski definition) is 0. The quantitative estimate of drug-likeness (QED) is 0.801. The average molecular weight is 235 g/mol. The smallest absolute Gasteiger partial charge is 0.162 e. The van der Waals surface area contributed by atoms with Crippen LogP contribution in [0.2, 0.25) is 0 Å². The van der Waals surface area contributed by atoms with Crippen molar-refractivity contribution < 1.29 is 14.3 Å². The zero-order chi connectivity index (χ0) is 12.3. The van der Waals surface area contributed by atoms with Crippen LogP contribution in [-0.4, -0.2) is 33.1 Å². The normalized spacial score (nSPS) is 15.9. The maximum Gasteiger partial charge on any atom is 0.162 e. The molecular formula is C13H17NO3. The Morgan fingerprint density at radius 3 is 2.29 bits per heavy atom. The molecule has 0 N–H and O–H groups in total. The highest BCUT2D eigenvalue weighted by molar-refractivity contribution is 5.81. The zero-order valence-corrected chi connectivity index (χ0v) is 10.2. The molecular weight excluding hydrogens is 218 g/mol. The Hall–Kier alpha value is -1.71. The molecule has 0 aromatic heterocycles. The molecule has 1 fully saturated rings. The van der Waals surface area contributed by atoms with Gasteiger partial charge in [0.05, 0.1) is 14.2 Å². The molecule has 0 amide bonds. The van der Waals surface area contributed by atoms with E-state index in [2.05, 4.69) is 4.90 Å². The van der Waals surface area contributed by atoms with Crippen molar-refractivity contribution in [2.45, 2.75) is 12.8 Å². The van der Waals surface area contributed by atoms with Crippen LogP contribution in [0.5, 0.6) is 11.5 Å². The van der Waals surface area contributed by atoms with Crippen LogP contribution in [-0.2, 0) is 4.79 Å². The van der Waals surface area contributed by atoms with Crippen molar-refractivity contribution in [2.24, 2.45) is 0 Å². The molecule has 1 aliphatic rings. The van der Waals surface area contributed by atoms with Crippen molar-refractivity contribution >= 4 is 11.5 Å². The Labute approximate surface area is 101 Å². The number of ether oxygens (including phenoxy) is 2. The largest absolute Gasteiger partial charge is 0.493 e. The van der Waals surface area contributed by atoms with Crippen LogP contribution in [0.4, 0.5) is 5.69 Å². The molecule has 4 heteroatoms. The van der Waals surface area contributed by atoms with Crippen molar-refractivity contribution in [3.8, 4) is 11.5 Å². The van der Waals surface area contributed by atoms with Crippen LogP contribution in [0.25, 0.3) is 0 Å². The van der Waals surface area contributed by atoms with E-state index in [1.165, 1.54) is 0 Å².